The molecule has 4 nitrogen and oxygen atoms in total. The minimum absolute atomic E-state index is 0.943. The Balaban J connectivity index is 0. The average molecular weight is 369 g/mol. The molecule has 0 saturated carbocycles. The molecule has 0 fully saturated rings. The van der Waals surface area contributed by atoms with E-state index in [4.69, 9.17) is 18.7 Å². The highest BCUT2D eigenvalue weighted by molar-refractivity contribution is 4.49. The Hall–Kier alpha value is 0.130. The molecule has 0 aromatic heterocycles. The van der Waals surface area contributed by atoms with E-state index in [1.54, 1.807) is 7.11 Å². The van der Waals surface area contributed by atoms with Crippen molar-refractivity contribution in [1.82, 2.24) is 0 Å². The molecule has 0 rings (SSSR count). The van der Waals surface area contributed by atoms with Crippen LogP contribution in [0.2, 0.25) is 0 Å². The molecule has 0 aromatic carbocycles. The molecule has 0 amide bonds. The molecular formula is C19H41ClO4. The van der Waals surface area contributed by atoms with Gasteiger partial charge in [-0.3, -0.25) is 0 Å². The van der Waals surface area contributed by atoms with Gasteiger partial charge in [0.2, 0.25) is 0 Å². The van der Waals surface area contributed by atoms with Crippen molar-refractivity contribution < 1.29 is 29.5 Å². The van der Waals surface area contributed by atoms with E-state index >= 15 is 0 Å². The average Bonchev–Trinajstić information content (AvgIpc) is 2.54. The van der Waals surface area contributed by atoms with Gasteiger partial charge in [-0.2, -0.15) is 0 Å². The predicted octanol–water partition coefficient (Wildman–Crippen LogP) is 3.96. The molecule has 1 N–H and O–H groups in total. The molecule has 0 radical (unpaired) electrons. The van der Waals surface area contributed by atoms with Crippen molar-refractivity contribution in [3.8, 4) is 0 Å². The Morgan fingerprint density at radius 2 is 0.875 bits per heavy atom. The Labute approximate surface area is 153 Å². The van der Waals surface area contributed by atoms with Gasteiger partial charge in [-0.15, -0.1) is 0 Å². The van der Waals surface area contributed by atoms with Crippen LogP contribution in [-0.4, -0.2) is 18.4 Å². The zero-order valence-electron chi connectivity index (χ0n) is 16.1. The molecule has 24 heavy (non-hydrogen) atoms. The summed E-state index contributed by atoms with van der Waals surface area (Å²) in [4.78, 5) is 0. The summed E-state index contributed by atoms with van der Waals surface area (Å²) in [6, 6.07) is 0. The van der Waals surface area contributed by atoms with Crippen LogP contribution in [0.15, 0.2) is 0 Å². The van der Waals surface area contributed by atoms with Crippen LogP contribution in [0.3, 0.4) is 0 Å². The van der Waals surface area contributed by atoms with Crippen molar-refractivity contribution in [2.24, 2.45) is 0 Å². The molecule has 0 aliphatic carbocycles. The summed E-state index contributed by atoms with van der Waals surface area (Å²) in [6.45, 7) is 3.23. The lowest BCUT2D eigenvalue weighted by molar-refractivity contribution is -1.63. The van der Waals surface area contributed by atoms with E-state index in [9.17, 15) is 0 Å². The number of hydrogen-bond acceptors (Lipinski definition) is 4. The van der Waals surface area contributed by atoms with Crippen molar-refractivity contribution in [2.45, 2.75) is 110 Å². The van der Waals surface area contributed by atoms with Crippen molar-refractivity contribution in [2.75, 3.05) is 13.7 Å². The predicted molar refractivity (Wildman–Crippen MR) is 93.6 cm³/mol. The molecule has 0 aromatic rings. The fourth-order valence-electron chi connectivity index (χ4n) is 2.79. The van der Waals surface area contributed by atoms with E-state index in [-0.39, 0.29) is 0 Å². The van der Waals surface area contributed by atoms with Gasteiger partial charge < -0.3 is 14.1 Å². The van der Waals surface area contributed by atoms with Crippen LogP contribution in [0.25, 0.3) is 0 Å². The molecular weight excluding hydrogens is 328 g/mol. The van der Waals surface area contributed by atoms with Crippen LogP contribution >= 0.6 is 0 Å². The first-order valence-corrected chi connectivity index (χ1v) is 10.8. The Bertz CT molecular complexity index is 183. The van der Waals surface area contributed by atoms with Crippen LogP contribution in [0.1, 0.15) is 110 Å². The molecule has 0 spiro atoms. The molecule has 0 aliphatic rings. The summed E-state index contributed by atoms with van der Waals surface area (Å²) in [5, 5.41) is 0. The van der Waals surface area contributed by atoms with Crippen LogP contribution in [0.4, 0.5) is 0 Å². The normalized spacial score (nSPS) is 10.8. The van der Waals surface area contributed by atoms with Crippen molar-refractivity contribution in [3.63, 3.8) is 0 Å². The number of hydrogen-bond donors (Lipinski definition) is 1. The fraction of sp³-hybridized carbons (Fsp3) is 1.00. The van der Waals surface area contributed by atoms with E-state index < -0.39 is 10.8 Å². The standard InChI is InChI=1S/C19H40O.ClHO3/c1-3-4-5-6-7-8-9-10-11-12-13-14-15-16-17-18-19-20-2;2-1(3)4/h3-19H2,1-2H3;2H. The Kier molecular flexibility index (Phi) is 27.9. The topological polar surface area (TPSA) is 75.6 Å². The smallest absolute Gasteiger partial charge is 0.282 e. The van der Waals surface area contributed by atoms with E-state index in [0.29, 0.717) is 0 Å². The minimum atomic E-state index is -2.60. The highest BCUT2D eigenvalue weighted by atomic mass is 35.6. The second-order valence-corrected chi connectivity index (χ2v) is 6.90. The maximum absolute atomic E-state index is 8.52. The highest BCUT2D eigenvalue weighted by Crippen LogP contribution is 2.13. The van der Waals surface area contributed by atoms with Gasteiger partial charge in [0.25, 0.3) is 10.8 Å². The van der Waals surface area contributed by atoms with Crippen LogP contribution in [0.5, 0.6) is 0 Å². The Morgan fingerprint density at radius 1 is 0.625 bits per heavy atom. The van der Waals surface area contributed by atoms with Gasteiger partial charge in [-0.1, -0.05) is 103 Å². The van der Waals surface area contributed by atoms with Crippen molar-refractivity contribution in [3.05, 3.63) is 0 Å². The Morgan fingerprint density at radius 3 is 1.12 bits per heavy atom. The maximum atomic E-state index is 8.52. The van der Waals surface area contributed by atoms with E-state index in [1.807, 2.05) is 0 Å². The number of rotatable bonds is 17. The molecule has 0 bridgehead atoms. The quantitative estimate of drug-likeness (QED) is 0.394. The number of methoxy groups -OCH3 is 1. The van der Waals surface area contributed by atoms with Crippen molar-refractivity contribution >= 4 is 0 Å². The summed E-state index contributed by atoms with van der Waals surface area (Å²) < 4.78 is 29.0. The summed E-state index contributed by atoms with van der Waals surface area (Å²) in [7, 11) is -0.805. The third-order valence-electron chi connectivity index (χ3n) is 4.20. The van der Waals surface area contributed by atoms with Gasteiger partial charge in [-0.05, 0) is 6.42 Å². The third kappa shape index (κ3) is 33.7. The first-order chi connectivity index (χ1) is 11.6. The van der Waals surface area contributed by atoms with Gasteiger partial charge in [0, 0.05) is 18.4 Å². The SMILES string of the molecule is CCCCCCCCCCCCCCCCCCOC.[O-][Cl+2]([O-])O. The van der Waals surface area contributed by atoms with E-state index in [0.717, 1.165) is 6.61 Å². The summed E-state index contributed by atoms with van der Waals surface area (Å²) >= 11 is 0. The number of halogens is 1. The number of unbranched alkanes of at least 4 members (excludes halogenated alkanes) is 15. The van der Waals surface area contributed by atoms with E-state index in [1.165, 1.54) is 103 Å². The van der Waals surface area contributed by atoms with E-state index in [2.05, 4.69) is 6.92 Å². The second-order valence-electron chi connectivity index (χ2n) is 6.50. The van der Waals surface area contributed by atoms with Crippen LogP contribution < -0.4 is 9.32 Å². The molecule has 148 valence electrons. The zero-order chi connectivity index (χ0) is 18.3. The van der Waals surface area contributed by atoms with Gasteiger partial charge in [0.05, 0.1) is 0 Å². The van der Waals surface area contributed by atoms with Gasteiger partial charge in [-0.25, -0.2) is 0 Å². The highest BCUT2D eigenvalue weighted by Gasteiger charge is 1.94. The maximum Gasteiger partial charge on any atom is 0.282 e. The zero-order valence-corrected chi connectivity index (χ0v) is 16.8. The summed E-state index contributed by atoms with van der Waals surface area (Å²) in [5.41, 5.74) is 0. The molecule has 0 heterocycles. The second kappa shape index (κ2) is 25.4. The minimum Gasteiger partial charge on any atom is -0.385 e. The molecule has 0 aliphatic heterocycles. The van der Waals surface area contributed by atoms with Gasteiger partial charge in [0.1, 0.15) is 0 Å². The summed E-state index contributed by atoms with van der Waals surface area (Å²) in [5.74, 6) is 0. The largest absolute Gasteiger partial charge is 0.385 e. The third-order valence-corrected chi connectivity index (χ3v) is 4.20. The summed E-state index contributed by atoms with van der Waals surface area (Å²) in [6.07, 6.45) is 22.9. The lowest BCUT2D eigenvalue weighted by Gasteiger charge is -2.03. The van der Waals surface area contributed by atoms with Crippen LogP contribution in [-0.2, 0) is 4.74 Å². The monoisotopic (exact) mass is 368 g/mol. The molecule has 0 unspecified atom stereocenters. The molecule has 0 saturated heterocycles. The van der Waals surface area contributed by atoms with Gasteiger partial charge in [0.15, 0.2) is 0 Å². The van der Waals surface area contributed by atoms with Crippen LogP contribution in [0, 0.1) is 10.8 Å². The first-order valence-electron chi connectivity index (χ1n) is 9.88. The number of ether oxygens (including phenoxy) is 1. The van der Waals surface area contributed by atoms with Crippen molar-refractivity contribution in [1.29, 1.82) is 0 Å². The molecule has 5 heteroatoms. The molecule has 0 atom stereocenters. The first kappa shape index (κ1) is 26.4. The van der Waals surface area contributed by atoms with Gasteiger partial charge >= 0.3 is 0 Å². The lowest BCUT2D eigenvalue weighted by Crippen LogP contribution is -2.30. The lowest BCUT2D eigenvalue weighted by atomic mass is 10.0. The fourth-order valence-corrected chi connectivity index (χ4v) is 2.79.